The molecule has 3 rings (SSSR count). The third kappa shape index (κ3) is 2.78. The van der Waals surface area contributed by atoms with Gasteiger partial charge in [-0.2, -0.15) is 0 Å². The molecule has 0 radical (unpaired) electrons. The van der Waals surface area contributed by atoms with Crippen molar-refractivity contribution in [3.05, 3.63) is 29.3 Å². The van der Waals surface area contributed by atoms with Gasteiger partial charge in [-0.15, -0.1) is 11.3 Å². The van der Waals surface area contributed by atoms with Crippen LogP contribution in [0.25, 0.3) is 10.2 Å². The zero-order chi connectivity index (χ0) is 14.8. The van der Waals surface area contributed by atoms with E-state index in [0.717, 1.165) is 15.1 Å². The molecule has 108 valence electrons. The maximum Gasteiger partial charge on any atom is 0.338 e. The number of aromatic nitrogens is 1. The van der Waals surface area contributed by atoms with E-state index >= 15 is 0 Å². The second-order valence-electron chi connectivity index (χ2n) is 4.65. The third-order valence-corrected chi connectivity index (χ3v) is 4.06. The van der Waals surface area contributed by atoms with E-state index in [2.05, 4.69) is 4.98 Å². The molecule has 2 amide bonds. The number of carbonyl (C=O) groups excluding carboxylic acids is 3. The van der Waals surface area contributed by atoms with Crippen LogP contribution in [-0.2, 0) is 14.3 Å². The van der Waals surface area contributed by atoms with Crippen molar-refractivity contribution in [3.63, 3.8) is 0 Å². The van der Waals surface area contributed by atoms with Gasteiger partial charge in [0.25, 0.3) is 5.91 Å². The Kier molecular flexibility index (Phi) is 3.66. The summed E-state index contributed by atoms with van der Waals surface area (Å²) in [6.07, 6.45) is 1.04. The molecule has 1 aliphatic heterocycles. The minimum absolute atomic E-state index is 0.206. The number of thiazole rings is 1. The van der Waals surface area contributed by atoms with E-state index in [0.29, 0.717) is 24.9 Å². The number of fused-ring (bicyclic) bond motifs is 1. The molecular weight excluding hydrogens is 292 g/mol. The Morgan fingerprint density at radius 1 is 1.38 bits per heavy atom. The fraction of sp³-hybridized carbons (Fsp3) is 0.286. The summed E-state index contributed by atoms with van der Waals surface area (Å²) in [5.74, 6) is -1.25. The van der Waals surface area contributed by atoms with Crippen LogP contribution in [0.3, 0.4) is 0 Å². The van der Waals surface area contributed by atoms with Gasteiger partial charge in [-0.1, -0.05) is 0 Å². The van der Waals surface area contributed by atoms with E-state index in [-0.39, 0.29) is 5.91 Å². The predicted octanol–water partition coefficient (Wildman–Crippen LogP) is 1.60. The van der Waals surface area contributed by atoms with Gasteiger partial charge in [0.1, 0.15) is 0 Å². The summed E-state index contributed by atoms with van der Waals surface area (Å²) in [6, 6.07) is 5.02. The highest BCUT2D eigenvalue weighted by Gasteiger charge is 2.27. The molecule has 1 aromatic heterocycles. The van der Waals surface area contributed by atoms with Gasteiger partial charge in [0, 0.05) is 13.0 Å². The molecule has 1 fully saturated rings. The quantitative estimate of drug-likeness (QED) is 0.805. The average Bonchev–Trinajstić information content (AvgIpc) is 3.11. The summed E-state index contributed by atoms with van der Waals surface area (Å²) in [4.78, 5) is 40.4. The molecule has 2 aromatic rings. The second kappa shape index (κ2) is 5.61. The van der Waals surface area contributed by atoms with Crippen LogP contribution >= 0.6 is 11.3 Å². The normalized spacial score (nSPS) is 14.7. The zero-order valence-corrected chi connectivity index (χ0v) is 11.9. The molecule has 1 aromatic carbocycles. The van der Waals surface area contributed by atoms with Crippen LogP contribution in [0.2, 0.25) is 0 Å². The van der Waals surface area contributed by atoms with E-state index in [4.69, 9.17) is 4.74 Å². The predicted molar refractivity (Wildman–Crippen MR) is 75.9 cm³/mol. The topological polar surface area (TPSA) is 76.6 Å². The highest BCUT2D eigenvalue weighted by molar-refractivity contribution is 7.16. The molecule has 0 aliphatic carbocycles. The Balaban J connectivity index is 1.63. The molecular formula is C14H12N2O4S. The number of hydrogen-bond donors (Lipinski definition) is 0. The number of nitrogens with zero attached hydrogens (tertiary/aromatic N) is 2. The number of likely N-dealkylation sites (tertiary alicyclic amines) is 1. The van der Waals surface area contributed by atoms with Crippen molar-refractivity contribution in [1.82, 2.24) is 9.88 Å². The minimum atomic E-state index is -0.578. The molecule has 7 heteroatoms. The fourth-order valence-corrected chi connectivity index (χ4v) is 2.90. The molecule has 0 spiro atoms. The highest BCUT2D eigenvalue weighted by atomic mass is 32.1. The summed E-state index contributed by atoms with van der Waals surface area (Å²) in [5.41, 5.74) is 2.88. The molecule has 0 N–H and O–H groups in total. The highest BCUT2D eigenvalue weighted by Crippen LogP contribution is 2.19. The van der Waals surface area contributed by atoms with Crippen LogP contribution in [-0.4, -0.2) is 40.8 Å². The Morgan fingerprint density at radius 3 is 3.00 bits per heavy atom. The molecule has 0 bridgehead atoms. The van der Waals surface area contributed by atoms with Gasteiger partial charge < -0.3 is 4.74 Å². The van der Waals surface area contributed by atoms with E-state index in [9.17, 15) is 14.4 Å². The SMILES string of the molecule is O=C(OCC(=O)N1CCCC1=O)c1ccc2ncsc2c1. The van der Waals surface area contributed by atoms with Crippen LogP contribution in [0, 0.1) is 0 Å². The largest absolute Gasteiger partial charge is 0.452 e. The Labute approximate surface area is 124 Å². The fourth-order valence-electron chi connectivity index (χ4n) is 2.18. The molecule has 1 saturated heterocycles. The second-order valence-corrected chi connectivity index (χ2v) is 5.54. The zero-order valence-electron chi connectivity index (χ0n) is 11.1. The molecule has 0 atom stereocenters. The third-order valence-electron chi connectivity index (χ3n) is 3.27. The first-order valence-corrected chi connectivity index (χ1v) is 7.37. The number of ether oxygens (including phenoxy) is 1. The van der Waals surface area contributed by atoms with Crippen LogP contribution < -0.4 is 0 Å². The standard InChI is InChI=1S/C14H12N2O4S/c17-12-2-1-5-16(12)13(18)7-20-14(19)9-3-4-10-11(6-9)21-8-15-10/h3-4,6,8H,1-2,5,7H2. The average molecular weight is 304 g/mol. The van der Waals surface area contributed by atoms with Gasteiger partial charge in [-0.25, -0.2) is 9.78 Å². The number of esters is 1. The van der Waals surface area contributed by atoms with Crippen LogP contribution in [0.4, 0.5) is 0 Å². The van der Waals surface area contributed by atoms with Gasteiger partial charge in [0.15, 0.2) is 6.61 Å². The van der Waals surface area contributed by atoms with E-state index in [1.165, 1.54) is 11.3 Å². The Morgan fingerprint density at radius 2 is 2.24 bits per heavy atom. The number of benzene rings is 1. The molecule has 1 aliphatic rings. The lowest BCUT2D eigenvalue weighted by atomic mass is 10.2. The van der Waals surface area contributed by atoms with Crippen molar-refractivity contribution in [2.45, 2.75) is 12.8 Å². The summed E-state index contributed by atoms with van der Waals surface area (Å²) >= 11 is 1.43. The van der Waals surface area contributed by atoms with Crippen molar-refractivity contribution >= 4 is 39.3 Å². The van der Waals surface area contributed by atoms with Crippen LogP contribution in [0.1, 0.15) is 23.2 Å². The lowest BCUT2D eigenvalue weighted by molar-refractivity contribution is -0.143. The number of imide groups is 1. The maximum absolute atomic E-state index is 11.9. The summed E-state index contributed by atoms with van der Waals surface area (Å²) in [5, 5.41) is 0. The first-order chi connectivity index (χ1) is 10.1. The van der Waals surface area contributed by atoms with Crippen molar-refractivity contribution in [2.75, 3.05) is 13.2 Å². The first kappa shape index (κ1) is 13.7. The van der Waals surface area contributed by atoms with Crippen molar-refractivity contribution in [2.24, 2.45) is 0 Å². The van der Waals surface area contributed by atoms with E-state index in [1.807, 2.05) is 0 Å². The van der Waals surface area contributed by atoms with Crippen molar-refractivity contribution < 1.29 is 19.1 Å². The molecule has 0 saturated carbocycles. The molecule has 21 heavy (non-hydrogen) atoms. The smallest absolute Gasteiger partial charge is 0.338 e. The summed E-state index contributed by atoms with van der Waals surface area (Å²) < 4.78 is 5.86. The van der Waals surface area contributed by atoms with E-state index < -0.39 is 18.5 Å². The van der Waals surface area contributed by atoms with Crippen LogP contribution in [0.15, 0.2) is 23.7 Å². The first-order valence-electron chi connectivity index (χ1n) is 6.49. The van der Waals surface area contributed by atoms with E-state index in [1.54, 1.807) is 23.7 Å². The lowest BCUT2D eigenvalue weighted by Crippen LogP contribution is -2.35. The van der Waals surface area contributed by atoms with Crippen molar-refractivity contribution in [3.8, 4) is 0 Å². The number of hydrogen-bond acceptors (Lipinski definition) is 6. The van der Waals surface area contributed by atoms with Gasteiger partial charge in [-0.05, 0) is 24.6 Å². The molecule has 2 heterocycles. The van der Waals surface area contributed by atoms with Gasteiger partial charge in [0.2, 0.25) is 5.91 Å². The Hall–Kier alpha value is -2.28. The Bertz CT molecular complexity index is 725. The molecule has 6 nitrogen and oxygen atoms in total. The monoisotopic (exact) mass is 304 g/mol. The molecule has 0 unspecified atom stereocenters. The number of rotatable bonds is 3. The summed E-state index contributed by atoms with van der Waals surface area (Å²) in [7, 11) is 0. The number of amides is 2. The number of carbonyl (C=O) groups is 3. The summed E-state index contributed by atoms with van der Waals surface area (Å²) in [6.45, 7) is -0.00661. The maximum atomic E-state index is 11.9. The lowest BCUT2D eigenvalue weighted by Gasteiger charge is -2.13. The van der Waals surface area contributed by atoms with Gasteiger partial charge in [0.05, 0.1) is 21.3 Å². The van der Waals surface area contributed by atoms with Crippen LogP contribution in [0.5, 0.6) is 0 Å². The van der Waals surface area contributed by atoms with Gasteiger partial charge in [-0.3, -0.25) is 14.5 Å². The van der Waals surface area contributed by atoms with Gasteiger partial charge >= 0.3 is 5.97 Å². The minimum Gasteiger partial charge on any atom is -0.452 e. The van der Waals surface area contributed by atoms with Crippen molar-refractivity contribution in [1.29, 1.82) is 0 Å².